The summed E-state index contributed by atoms with van der Waals surface area (Å²) < 4.78 is 12.4. The number of hydrogen-bond donors (Lipinski definition) is 0. The van der Waals surface area contributed by atoms with Crippen LogP contribution in [-0.2, 0) is 23.1 Å². The van der Waals surface area contributed by atoms with Crippen molar-refractivity contribution in [2.24, 2.45) is 7.05 Å². The summed E-state index contributed by atoms with van der Waals surface area (Å²) in [6, 6.07) is 0. The molecule has 0 aromatic carbocycles. The molecule has 0 saturated heterocycles. The molecule has 8 heteroatoms. The molecule has 2 aromatic rings. The van der Waals surface area contributed by atoms with E-state index in [1.807, 2.05) is 0 Å². The monoisotopic (exact) mass is 294 g/mol. The molecule has 0 bridgehead atoms. The number of carbonyl (C=O) groups excluding carboxylic acids is 1. The number of carbonyl (C=O) groups is 1. The van der Waals surface area contributed by atoms with Crippen LogP contribution in [0.3, 0.4) is 0 Å². The summed E-state index contributed by atoms with van der Waals surface area (Å²) in [4.78, 5) is 32.7. The number of imidazole rings is 1. The molecule has 0 fully saturated rings. The first-order valence-electron chi connectivity index (χ1n) is 6.40. The SMILES string of the molecule is COCc1ncc2c(n1)n(C)c(=O)n2C(=O)OC(C)(C)C. The molecule has 0 aliphatic rings. The lowest BCUT2D eigenvalue weighted by Gasteiger charge is -2.19. The number of hydrogen-bond acceptors (Lipinski definition) is 6. The molecule has 2 heterocycles. The molecular weight excluding hydrogens is 276 g/mol. The Balaban J connectivity index is 2.57. The van der Waals surface area contributed by atoms with Gasteiger partial charge in [0.15, 0.2) is 11.5 Å². The molecule has 2 aromatic heterocycles. The van der Waals surface area contributed by atoms with Crippen molar-refractivity contribution in [1.29, 1.82) is 0 Å². The summed E-state index contributed by atoms with van der Waals surface area (Å²) in [7, 11) is 3.06. The van der Waals surface area contributed by atoms with Crippen molar-refractivity contribution in [3.05, 3.63) is 22.5 Å². The maximum atomic E-state index is 12.2. The van der Waals surface area contributed by atoms with Crippen LogP contribution in [0.5, 0.6) is 0 Å². The van der Waals surface area contributed by atoms with Gasteiger partial charge >= 0.3 is 11.8 Å². The Morgan fingerprint density at radius 3 is 2.62 bits per heavy atom. The molecule has 21 heavy (non-hydrogen) atoms. The molecule has 0 saturated carbocycles. The van der Waals surface area contributed by atoms with Gasteiger partial charge in [-0.15, -0.1) is 0 Å². The standard InChI is InChI=1S/C13H18N4O4/c1-13(2,3)21-12(19)17-8-6-14-9(7-20-5)15-10(8)16(4)11(17)18/h6H,7H2,1-5H3. The molecule has 0 radical (unpaired) electrons. The zero-order valence-corrected chi connectivity index (χ0v) is 12.7. The number of methoxy groups -OCH3 is 1. The van der Waals surface area contributed by atoms with E-state index in [4.69, 9.17) is 9.47 Å². The molecule has 114 valence electrons. The van der Waals surface area contributed by atoms with Crippen molar-refractivity contribution in [3.63, 3.8) is 0 Å². The van der Waals surface area contributed by atoms with Gasteiger partial charge in [0, 0.05) is 14.2 Å². The van der Waals surface area contributed by atoms with Crippen LogP contribution in [0.1, 0.15) is 26.6 Å². The van der Waals surface area contributed by atoms with Crippen LogP contribution in [0.2, 0.25) is 0 Å². The fraction of sp³-hybridized carbons (Fsp3) is 0.538. The number of ether oxygens (including phenoxy) is 2. The molecule has 0 N–H and O–H groups in total. The van der Waals surface area contributed by atoms with Gasteiger partial charge in [-0.2, -0.15) is 4.57 Å². The van der Waals surface area contributed by atoms with E-state index in [-0.39, 0.29) is 6.61 Å². The average molecular weight is 294 g/mol. The Hall–Kier alpha value is -2.22. The smallest absolute Gasteiger partial charge is 0.423 e. The highest BCUT2D eigenvalue weighted by Gasteiger charge is 2.24. The van der Waals surface area contributed by atoms with Gasteiger partial charge in [0.2, 0.25) is 0 Å². The fourth-order valence-electron chi connectivity index (χ4n) is 1.83. The lowest BCUT2D eigenvalue weighted by atomic mass is 10.2. The third kappa shape index (κ3) is 2.94. The van der Waals surface area contributed by atoms with Crippen molar-refractivity contribution in [2.45, 2.75) is 33.0 Å². The molecule has 8 nitrogen and oxygen atoms in total. The summed E-state index contributed by atoms with van der Waals surface area (Å²) in [5.74, 6) is 0.432. The van der Waals surface area contributed by atoms with E-state index in [0.717, 1.165) is 4.57 Å². The molecule has 0 aliphatic heterocycles. The Morgan fingerprint density at radius 1 is 1.38 bits per heavy atom. The first-order chi connectivity index (χ1) is 9.74. The van der Waals surface area contributed by atoms with E-state index in [2.05, 4.69) is 9.97 Å². The summed E-state index contributed by atoms with van der Waals surface area (Å²) in [5, 5.41) is 0. The number of aromatic nitrogens is 4. The highest BCUT2D eigenvalue weighted by molar-refractivity contribution is 5.84. The summed E-state index contributed by atoms with van der Waals surface area (Å²) in [6.45, 7) is 5.42. The van der Waals surface area contributed by atoms with Crippen molar-refractivity contribution in [3.8, 4) is 0 Å². The topological polar surface area (TPSA) is 88.2 Å². The van der Waals surface area contributed by atoms with Crippen LogP contribution in [0.15, 0.2) is 11.0 Å². The summed E-state index contributed by atoms with van der Waals surface area (Å²) in [5.41, 5.74) is -0.567. The average Bonchev–Trinajstić information content (AvgIpc) is 2.61. The maximum Gasteiger partial charge on any atom is 0.423 e. The molecule has 0 aliphatic carbocycles. The minimum atomic E-state index is -0.749. The van der Waals surface area contributed by atoms with Crippen LogP contribution in [0, 0.1) is 0 Å². The number of rotatable bonds is 2. The largest absolute Gasteiger partial charge is 0.443 e. The van der Waals surface area contributed by atoms with Crippen LogP contribution in [0.25, 0.3) is 11.2 Å². The Labute approximate surface area is 121 Å². The van der Waals surface area contributed by atoms with Crippen LogP contribution >= 0.6 is 0 Å². The van der Waals surface area contributed by atoms with Crippen molar-refractivity contribution >= 4 is 17.3 Å². The van der Waals surface area contributed by atoms with Gasteiger partial charge in [-0.25, -0.2) is 19.6 Å². The maximum absolute atomic E-state index is 12.2. The normalized spacial score (nSPS) is 11.9. The van der Waals surface area contributed by atoms with Crippen molar-refractivity contribution < 1.29 is 14.3 Å². The second-order valence-corrected chi connectivity index (χ2v) is 5.59. The highest BCUT2D eigenvalue weighted by atomic mass is 16.6. The third-order valence-electron chi connectivity index (χ3n) is 2.69. The second kappa shape index (κ2) is 5.28. The predicted molar refractivity (Wildman–Crippen MR) is 75.1 cm³/mol. The van der Waals surface area contributed by atoms with Gasteiger partial charge in [-0.1, -0.05) is 0 Å². The first-order valence-corrected chi connectivity index (χ1v) is 6.40. The highest BCUT2D eigenvalue weighted by Crippen LogP contribution is 2.13. The third-order valence-corrected chi connectivity index (χ3v) is 2.69. The molecule has 2 rings (SSSR count). The van der Waals surface area contributed by atoms with Crippen LogP contribution < -0.4 is 5.69 Å². The molecule has 0 spiro atoms. The quantitative estimate of drug-likeness (QED) is 0.823. The second-order valence-electron chi connectivity index (χ2n) is 5.59. The van der Waals surface area contributed by atoms with E-state index in [0.29, 0.717) is 17.0 Å². The Morgan fingerprint density at radius 2 is 2.05 bits per heavy atom. The van der Waals surface area contributed by atoms with E-state index >= 15 is 0 Å². The molecular formula is C13H18N4O4. The Kier molecular flexibility index (Phi) is 3.82. The van der Waals surface area contributed by atoms with E-state index in [9.17, 15) is 9.59 Å². The van der Waals surface area contributed by atoms with Gasteiger partial charge in [-0.05, 0) is 20.8 Å². The van der Waals surface area contributed by atoms with Gasteiger partial charge in [0.1, 0.15) is 17.7 Å². The molecule has 0 atom stereocenters. The minimum Gasteiger partial charge on any atom is -0.443 e. The lowest BCUT2D eigenvalue weighted by Crippen LogP contribution is -2.33. The fourth-order valence-corrected chi connectivity index (χ4v) is 1.83. The Bertz CT molecular complexity index is 739. The van der Waals surface area contributed by atoms with Crippen molar-refractivity contribution in [1.82, 2.24) is 19.1 Å². The molecule has 0 unspecified atom stereocenters. The van der Waals surface area contributed by atoms with Crippen LogP contribution in [0.4, 0.5) is 4.79 Å². The number of fused-ring (bicyclic) bond motifs is 1. The summed E-state index contributed by atoms with van der Waals surface area (Å²) in [6.07, 6.45) is 0.670. The summed E-state index contributed by atoms with van der Waals surface area (Å²) >= 11 is 0. The van der Waals surface area contributed by atoms with E-state index < -0.39 is 17.4 Å². The zero-order valence-electron chi connectivity index (χ0n) is 12.7. The number of aryl methyl sites for hydroxylation is 1. The van der Waals surface area contributed by atoms with Gasteiger partial charge < -0.3 is 9.47 Å². The molecule has 0 amide bonds. The van der Waals surface area contributed by atoms with Gasteiger partial charge in [-0.3, -0.25) is 4.57 Å². The van der Waals surface area contributed by atoms with E-state index in [1.165, 1.54) is 24.9 Å². The van der Waals surface area contributed by atoms with Crippen molar-refractivity contribution in [2.75, 3.05) is 7.11 Å². The van der Waals surface area contributed by atoms with Gasteiger partial charge in [0.25, 0.3) is 0 Å². The van der Waals surface area contributed by atoms with E-state index in [1.54, 1.807) is 20.8 Å². The van der Waals surface area contributed by atoms with Crippen LogP contribution in [-0.4, -0.2) is 37.9 Å². The zero-order chi connectivity index (χ0) is 15.8. The number of nitrogens with zero attached hydrogens (tertiary/aromatic N) is 4. The first kappa shape index (κ1) is 15.2. The lowest BCUT2D eigenvalue weighted by molar-refractivity contribution is 0.0537. The van der Waals surface area contributed by atoms with Gasteiger partial charge in [0.05, 0.1) is 6.20 Å². The minimum absolute atomic E-state index is 0.224. The predicted octanol–water partition coefficient (Wildman–Crippen LogP) is 1.06.